The van der Waals surface area contributed by atoms with E-state index >= 15 is 0 Å². The fourth-order valence-corrected chi connectivity index (χ4v) is 3.65. The first kappa shape index (κ1) is 18.7. The van der Waals surface area contributed by atoms with Gasteiger partial charge in [0.2, 0.25) is 0 Å². The molecule has 7 nitrogen and oxygen atoms in total. The maximum Gasteiger partial charge on any atom is 0.315 e. The van der Waals surface area contributed by atoms with Crippen molar-refractivity contribution >= 4 is 17.6 Å². The molecule has 1 atom stereocenters. The highest BCUT2D eigenvalue weighted by molar-refractivity contribution is 6.39. The molecule has 1 aromatic heterocycles. The lowest BCUT2D eigenvalue weighted by atomic mass is 9.83. The van der Waals surface area contributed by atoms with Gasteiger partial charge in [0.25, 0.3) is 0 Å². The summed E-state index contributed by atoms with van der Waals surface area (Å²) in [6, 6.07) is 11.5. The second-order valence-corrected chi connectivity index (χ2v) is 7.53. The molecular weight excluding hydrogens is 356 g/mol. The summed E-state index contributed by atoms with van der Waals surface area (Å²) < 4.78 is 7.15. The number of benzene rings is 1. The van der Waals surface area contributed by atoms with E-state index in [-0.39, 0.29) is 6.04 Å². The summed E-state index contributed by atoms with van der Waals surface area (Å²) in [5, 5.41) is 7.51. The molecule has 0 radical (unpaired) electrons. The van der Waals surface area contributed by atoms with Crippen LogP contribution in [0.4, 0.5) is 5.82 Å². The number of carbonyl (C=O) groups excluding carboxylic acids is 2. The van der Waals surface area contributed by atoms with Crippen molar-refractivity contribution in [3.05, 3.63) is 42.1 Å². The maximum absolute atomic E-state index is 12.8. The number of para-hydroxylation sites is 1. The van der Waals surface area contributed by atoms with Crippen LogP contribution in [0.1, 0.15) is 44.2 Å². The fraction of sp³-hybridized carbons (Fsp3) is 0.476. The molecule has 148 valence electrons. The Bertz CT molecular complexity index is 845. The lowest BCUT2D eigenvalue weighted by Gasteiger charge is -2.25. The van der Waals surface area contributed by atoms with Gasteiger partial charge in [-0.05, 0) is 38.3 Å². The van der Waals surface area contributed by atoms with E-state index in [1.807, 2.05) is 43.3 Å². The second kappa shape index (κ2) is 8.14. The molecule has 0 bridgehead atoms. The predicted octanol–water partition coefficient (Wildman–Crippen LogP) is 2.72. The van der Waals surface area contributed by atoms with Crippen LogP contribution < -0.4 is 5.32 Å². The van der Waals surface area contributed by atoms with Crippen molar-refractivity contribution in [2.45, 2.75) is 44.6 Å². The molecule has 1 saturated heterocycles. The van der Waals surface area contributed by atoms with E-state index in [4.69, 9.17) is 9.84 Å². The molecule has 28 heavy (non-hydrogen) atoms. The Morgan fingerprint density at radius 2 is 1.93 bits per heavy atom. The monoisotopic (exact) mass is 382 g/mol. The molecule has 1 saturated carbocycles. The van der Waals surface area contributed by atoms with E-state index in [1.165, 1.54) is 6.42 Å². The molecule has 7 heteroatoms. The van der Waals surface area contributed by atoms with Crippen LogP contribution in [0.2, 0.25) is 0 Å². The Hall–Kier alpha value is -2.67. The standard InChI is InChI=1S/C21H26N4O3/c1-15-10-12-28-13-11-24(15)21(27)20(26)22-19-14-18(16-6-5-7-16)23-25(19)17-8-3-2-4-9-17/h2-4,8-9,14-16H,5-7,10-13H2,1H3,(H,22,26)/t15-/m1/s1. The molecule has 2 fully saturated rings. The number of carbonyl (C=O) groups is 2. The molecule has 2 aromatic rings. The Morgan fingerprint density at radius 3 is 2.64 bits per heavy atom. The average molecular weight is 382 g/mol. The Balaban J connectivity index is 1.56. The van der Waals surface area contributed by atoms with Crippen molar-refractivity contribution in [2.24, 2.45) is 0 Å². The number of aromatic nitrogens is 2. The Kier molecular flexibility index (Phi) is 5.43. The van der Waals surface area contributed by atoms with Crippen LogP contribution in [-0.2, 0) is 14.3 Å². The van der Waals surface area contributed by atoms with Gasteiger partial charge in [-0.1, -0.05) is 24.6 Å². The van der Waals surface area contributed by atoms with Crippen LogP contribution in [-0.4, -0.2) is 52.3 Å². The van der Waals surface area contributed by atoms with Crippen LogP contribution in [0.3, 0.4) is 0 Å². The minimum Gasteiger partial charge on any atom is -0.380 e. The Labute approximate surface area is 164 Å². The summed E-state index contributed by atoms with van der Waals surface area (Å²) in [6.07, 6.45) is 4.16. The quantitative estimate of drug-likeness (QED) is 0.828. The van der Waals surface area contributed by atoms with Gasteiger partial charge in [-0.3, -0.25) is 9.59 Å². The van der Waals surface area contributed by atoms with E-state index < -0.39 is 11.8 Å². The predicted molar refractivity (Wildman–Crippen MR) is 105 cm³/mol. The average Bonchev–Trinajstić information content (AvgIpc) is 2.93. The number of hydrogen-bond donors (Lipinski definition) is 1. The molecule has 1 aliphatic heterocycles. The van der Waals surface area contributed by atoms with Gasteiger partial charge in [0.1, 0.15) is 5.82 Å². The third-order valence-electron chi connectivity index (χ3n) is 5.64. The maximum atomic E-state index is 12.8. The van der Waals surface area contributed by atoms with E-state index in [9.17, 15) is 9.59 Å². The van der Waals surface area contributed by atoms with E-state index in [1.54, 1.807) is 9.58 Å². The second-order valence-electron chi connectivity index (χ2n) is 7.53. The van der Waals surface area contributed by atoms with E-state index in [2.05, 4.69) is 5.32 Å². The van der Waals surface area contributed by atoms with Crippen LogP contribution in [0.5, 0.6) is 0 Å². The molecule has 0 spiro atoms. The zero-order valence-electron chi connectivity index (χ0n) is 16.1. The fourth-order valence-electron chi connectivity index (χ4n) is 3.65. The lowest BCUT2D eigenvalue weighted by molar-refractivity contribution is -0.144. The highest BCUT2D eigenvalue weighted by atomic mass is 16.5. The summed E-state index contributed by atoms with van der Waals surface area (Å²) in [4.78, 5) is 27.1. The van der Waals surface area contributed by atoms with Gasteiger partial charge in [0.15, 0.2) is 0 Å². The first-order valence-corrected chi connectivity index (χ1v) is 9.98. The van der Waals surface area contributed by atoms with Crippen LogP contribution in [0.15, 0.2) is 36.4 Å². The Morgan fingerprint density at radius 1 is 1.14 bits per heavy atom. The number of amides is 2. The zero-order valence-corrected chi connectivity index (χ0v) is 16.1. The third-order valence-corrected chi connectivity index (χ3v) is 5.64. The summed E-state index contributed by atoms with van der Waals surface area (Å²) in [5.41, 5.74) is 1.82. The molecule has 1 N–H and O–H groups in total. The smallest absolute Gasteiger partial charge is 0.315 e. The SMILES string of the molecule is C[C@@H]1CCOCCN1C(=O)C(=O)Nc1cc(C2CCC2)nn1-c1ccccc1. The van der Waals surface area contributed by atoms with E-state index in [0.29, 0.717) is 31.5 Å². The normalized spacial score (nSPS) is 20.3. The summed E-state index contributed by atoms with van der Waals surface area (Å²) >= 11 is 0. The topological polar surface area (TPSA) is 76.5 Å². The largest absolute Gasteiger partial charge is 0.380 e. The van der Waals surface area contributed by atoms with Crippen LogP contribution in [0.25, 0.3) is 5.69 Å². The third kappa shape index (κ3) is 3.80. The van der Waals surface area contributed by atoms with Gasteiger partial charge < -0.3 is 15.0 Å². The van der Waals surface area contributed by atoms with E-state index in [0.717, 1.165) is 30.6 Å². The number of anilines is 1. The van der Waals surface area contributed by atoms with Crippen molar-refractivity contribution < 1.29 is 14.3 Å². The van der Waals surface area contributed by atoms with Gasteiger partial charge in [0, 0.05) is 31.2 Å². The van der Waals surface area contributed by atoms with Crippen LogP contribution >= 0.6 is 0 Å². The van der Waals surface area contributed by atoms with Gasteiger partial charge in [-0.2, -0.15) is 5.10 Å². The molecule has 4 rings (SSSR count). The molecule has 2 amide bonds. The molecule has 0 unspecified atom stereocenters. The first-order chi connectivity index (χ1) is 13.6. The number of hydrogen-bond acceptors (Lipinski definition) is 4. The molecular formula is C21H26N4O3. The molecule has 1 aromatic carbocycles. The number of nitrogens with zero attached hydrogens (tertiary/aromatic N) is 3. The van der Waals surface area contributed by atoms with Gasteiger partial charge >= 0.3 is 11.8 Å². The molecule has 2 aliphatic rings. The summed E-state index contributed by atoms with van der Waals surface area (Å²) in [7, 11) is 0. The van der Waals surface area contributed by atoms with Crippen molar-refractivity contribution in [2.75, 3.05) is 25.1 Å². The van der Waals surface area contributed by atoms with Crippen molar-refractivity contribution in [3.8, 4) is 5.69 Å². The van der Waals surface area contributed by atoms with Crippen LogP contribution in [0, 0.1) is 0 Å². The van der Waals surface area contributed by atoms with Crippen molar-refractivity contribution in [1.29, 1.82) is 0 Å². The van der Waals surface area contributed by atoms with Gasteiger partial charge in [0.05, 0.1) is 18.0 Å². The molecule has 1 aliphatic carbocycles. The van der Waals surface area contributed by atoms with Gasteiger partial charge in [-0.15, -0.1) is 0 Å². The number of nitrogens with one attached hydrogen (secondary N) is 1. The minimum absolute atomic E-state index is 0.0229. The lowest BCUT2D eigenvalue weighted by Crippen LogP contribution is -2.45. The first-order valence-electron chi connectivity index (χ1n) is 9.98. The zero-order chi connectivity index (χ0) is 19.5. The number of ether oxygens (including phenoxy) is 1. The minimum atomic E-state index is -0.633. The van der Waals surface area contributed by atoms with Gasteiger partial charge in [-0.25, -0.2) is 4.68 Å². The van der Waals surface area contributed by atoms with Crippen molar-refractivity contribution in [1.82, 2.24) is 14.7 Å². The highest BCUT2D eigenvalue weighted by Gasteiger charge is 2.29. The number of rotatable bonds is 3. The highest BCUT2D eigenvalue weighted by Crippen LogP contribution is 2.37. The van der Waals surface area contributed by atoms with Crippen molar-refractivity contribution in [3.63, 3.8) is 0 Å². The molecule has 2 heterocycles. The summed E-state index contributed by atoms with van der Waals surface area (Å²) in [6.45, 7) is 3.44. The summed E-state index contributed by atoms with van der Waals surface area (Å²) in [5.74, 6) is -0.195.